The van der Waals surface area contributed by atoms with Gasteiger partial charge >= 0.3 is 0 Å². The van der Waals surface area contributed by atoms with Crippen molar-refractivity contribution in [1.29, 1.82) is 0 Å². The Labute approximate surface area is 176 Å². The summed E-state index contributed by atoms with van der Waals surface area (Å²) in [6, 6.07) is 16.6. The van der Waals surface area contributed by atoms with Crippen LogP contribution in [0.3, 0.4) is 0 Å². The molecule has 0 radical (unpaired) electrons. The molecule has 2 aromatic carbocycles. The molecule has 1 N–H and O–H groups in total. The van der Waals surface area contributed by atoms with E-state index in [9.17, 15) is 9.18 Å². The number of aromatic nitrogens is 4. The number of nitrogens with zero attached hydrogens (tertiary/aromatic N) is 4. The Hall–Kier alpha value is -3.65. The number of hydrogen-bond donors (Lipinski definition) is 1. The van der Waals surface area contributed by atoms with Crippen molar-refractivity contribution in [2.24, 2.45) is 0 Å². The Kier molecular flexibility index (Phi) is 5.76. The van der Waals surface area contributed by atoms with Gasteiger partial charge in [-0.15, -0.1) is 0 Å². The molecule has 4 rings (SSSR count). The molecule has 0 unspecified atom stereocenters. The number of carbonyl (C=O) groups is 1. The third-order valence-electron chi connectivity index (χ3n) is 4.29. The second-order valence-corrected chi connectivity index (χ2v) is 6.82. The maximum absolute atomic E-state index is 13.8. The van der Waals surface area contributed by atoms with Gasteiger partial charge in [0.2, 0.25) is 0 Å². The van der Waals surface area contributed by atoms with Crippen LogP contribution in [0.25, 0.3) is 0 Å². The van der Waals surface area contributed by atoms with Crippen molar-refractivity contribution in [3.63, 3.8) is 0 Å². The lowest BCUT2D eigenvalue weighted by Crippen LogP contribution is -2.20. The van der Waals surface area contributed by atoms with E-state index in [0.717, 1.165) is 0 Å². The van der Waals surface area contributed by atoms with Gasteiger partial charge < -0.3 is 10.1 Å². The van der Waals surface area contributed by atoms with Crippen molar-refractivity contribution in [1.82, 2.24) is 19.6 Å². The van der Waals surface area contributed by atoms with E-state index in [4.69, 9.17) is 16.3 Å². The highest BCUT2D eigenvalue weighted by Crippen LogP contribution is 2.16. The summed E-state index contributed by atoms with van der Waals surface area (Å²) in [5.74, 6) is 0.266. The van der Waals surface area contributed by atoms with E-state index < -0.39 is 0 Å². The van der Waals surface area contributed by atoms with Gasteiger partial charge in [0.15, 0.2) is 12.5 Å². The average Bonchev–Trinajstić information content (AvgIpc) is 3.39. The first-order chi connectivity index (χ1) is 14.6. The summed E-state index contributed by atoms with van der Waals surface area (Å²) in [6.07, 6.45) is 3.18. The zero-order valence-corrected chi connectivity index (χ0v) is 16.5. The number of rotatable bonds is 7. The number of hydrogen-bond acceptors (Lipinski definition) is 4. The van der Waals surface area contributed by atoms with E-state index in [2.05, 4.69) is 15.5 Å². The first-order valence-electron chi connectivity index (χ1n) is 9.07. The highest BCUT2D eigenvalue weighted by atomic mass is 35.5. The number of ether oxygens (including phenoxy) is 1. The second kappa shape index (κ2) is 8.79. The van der Waals surface area contributed by atoms with Gasteiger partial charge in [-0.2, -0.15) is 10.2 Å². The van der Waals surface area contributed by atoms with Crippen LogP contribution >= 0.6 is 11.6 Å². The molecule has 0 fully saturated rings. The zero-order valence-electron chi connectivity index (χ0n) is 15.7. The number of carbonyl (C=O) groups excluding carboxylic acids is 1. The minimum atomic E-state index is -0.386. The van der Waals surface area contributed by atoms with Gasteiger partial charge in [0, 0.05) is 29.0 Å². The monoisotopic (exact) mass is 425 g/mol. The Balaban J connectivity index is 1.39. The van der Waals surface area contributed by atoms with Crippen LogP contribution in [0.1, 0.15) is 16.1 Å². The lowest BCUT2D eigenvalue weighted by atomic mass is 10.2. The van der Waals surface area contributed by atoms with Crippen LogP contribution in [-0.2, 0) is 13.3 Å². The predicted octanol–water partition coefficient (Wildman–Crippen LogP) is 4.21. The number of anilines is 1. The fourth-order valence-corrected chi connectivity index (χ4v) is 2.92. The largest absolute Gasteiger partial charge is 0.471 e. The molecule has 0 atom stereocenters. The molecule has 0 bridgehead atoms. The minimum absolute atomic E-state index is 0.0547. The van der Waals surface area contributed by atoms with Gasteiger partial charge in [-0.25, -0.2) is 9.07 Å². The maximum Gasteiger partial charge on any atom is 0.275 e. The van der Waals surface area contributed by atoms with Crippen molar-refractivity contribution < 1.29 is 13.9 Å². The molecule has 30 heavy (non-hydrogen) atoms. The topological polar surface area (TPSA) is 74.0 Å². The van der Waals surface area contributed by atoms with Crippen LogP contribution in [0.5, 0.6) is 5.75 Å². The van der Waals surface area contributed by atoms with E-state index in [0.29, 0.717) is 27.8 Å². The average molecular weight is 426 g/mol. The lowest BCUT2D eigenvalue weighted by Gasteiger charge is -2.09. The molecule has 2 aromatic heterocycles. The molecule has 0 saturated carbocycles. The fraction of sp³-hybridized carbons (Fsp3) is 0.0952. The summed E-state index contributed by atoms with van der Waals surface area (Å²) in [5.41, 5.74) is 0.823. The summed E-state index contributed by atoms with van der Waals surface area (Å²) < 4.78 is 22.4. The minimum Gasteiger partial charge on any atom is -0.471 e. The molecule has 1 amide bonds. The van der Waals surface area contributed by atoms with Crippen LogP contribution < -0.4 is 10.1 Å². The summed E-state index contributed by atoms with van der Waals surface area (Å²) in [6.45, 7) is 0.314. The van der Waals surface area contributed by atoms with Crippen LogP contribution in [-0.4, -0.2) is 25.5 Å². The van der Waals surface area contributed by atoms with Crippen LogP contribution in [0.15, 0.2) is 73.1 Å². The first-order valence-corrected chi connectivity index (χ1v) is 9.45. The van der Waals surface area contributed by atoms with Gasteiger partial charge in [0.25, 0.3) is 5.91 Å². The smallest absolute Gasteiger partial charge is 0.275 e. The van der Waals surface area contributed by atoms with Crippen molar-refractivity contribution in [3.8, 4) is 5.75 Å². The summed E-state index contributed by atoms with van der Waals surface area (Å²) in [7, 11) is 0. The molecule has 0 aliphatic carbocycles. The van der Waals surface area contributed by atoms with Crippen LogP contribution in [0.4, 0.5) is 10.2 Å². The Morgan fingerprint density at radius 3 is 2.70 bits per heavy atom. The van der Waals surface area contributed by atoms with Crippen molar-refractivity contribution in [3.05, 3.63) is 95.2 Å². The van der Waals surface area contributed by atoms with Crippen molar-refractivity contribution >= 4 is 23.3 Å². The van der Waals surface area contributed by atoms with Crippen LogP contribution in [0, 0.1) is 5.82 Å². The fourth-order valence-electron chi connectivity index (χ4n) is 2.79. The third-order valence-corrected chi connectivity index (χ3v) is 4.54. The van der Waals surface area contributed by atoms with Gasteiger partial charge in [-0.1, -0.05) is 29.8 Å². The molecule has 0 aliphatic heterocycles. The summed E-state index contributed by atoms with van der Waals surface area (Å²) in [5, 5.41) is 11.7. The van der Waals surface area contributed by atoms with E-state index in [1.165, 1.54) is 16.9 Å². The highest BCUT2D eigenvalue weighted by Gasteiger charge is 2.14. The normalized spacial score (nSPS) is 10.7. The van der Waals surface area contributed by atoms with Gasteiger partial charge in [-0.05, 0) is 36.4 Å². The molecule has 4 aromatic rings. The summed E-state index contributed by atoms with van der Waals surface area (Å²) >= 11 is 5.86. The maximum atomic E-state index is 13.8. The van der Waals surface area contributed by atoms with E-state index in [1.807, 2.05) is 0 Å². The first kappa shape index (κ1) is 19.7. The summed E-state index contributed by atoms with van der Waals surface area (Å²) in [4.78, 5) is 12.6. The number of nitrogens with one attached hydrogen (secondary N) is 1. The molecule has 7 nitrogen and oxygen atoms in total. The van der Waals surface area contributed by atoms with Crippen molar-refractivity contribution in [2.45, 2.75) is 13.3 Å². The van der Waals surface area contributed by atoms with E-state index >= 15 is 0 Å². The number of halogens is 2. The van der Waals surface area contributed by atoms with E-state index in [1.54, 1.807) is 65.5 Å². The number of amides is 1. The third kappa shape index (κ3) is 4.66. The standard InChI is InChI=1S/C21H17ClFN5O2/c22-16-5-7-17(8-6-16)30-14-28-19(9-11-24-28)21(29)25-20-10-12-27(26-20)13-15-3-1-2-4-18(15)23/h1-12H,13-14H2,(H,25,26,29). The molecule has 2 heterocycles. The number of benzene rings is 2. The Morgan fingerprint density at radius 2 is 1.90 bits per heavy atom. The molecule has 0 saturated heterocycles. The zero-order chi connectivity index (χ0) is 20.9. The molecule has 9 heteroatoms. The Bertz CT molecular complexity index is 1160. The van der Waals surface area contributed by atoms with E-state index in [-0.39, 0.29) is 25.0 Å². The molecule has 0 aliphatic rings. The predicted molar refractivity (Wildman–Crippen MR) is 110 cm³/mol. The molecular weight excluding hydrogens is 409 g/mol. The Morgan fingerprint density at radius 1 is 1.10 bits per heavy atom. The van der Waals surface area contributed by atoms with Gasteiger partial charge in [0.05, 0.1) is 6.54 Å². The SMILES string of the molecule is O=C(Nc1ccn(Cc2ccccc2F)n1)c1ccnn1COc1ccc(Cl)cc1. The molecule has 0 spiro atoms. The van der Waals surface area contributed by atoms with Crippen molar-refractivity contribution in [2.75, 3.05) is 5.32 Å². The van der Waals surface area contributed by atoms with Gasteiger partial charge in [-0.3, -0.25) is 9.48 Å². The second-order valence-electron chi connectivity index (χ2n) is 6.39. The highest BCUT2D eigenvalue weighted by molar-refractivity contribution is 6.30. The lowest BCUT2D eigenvalue weighted by molar-refractivity contribution is 0.100. The molecular formula is C21H17ClFN5O2. The quantitative estimate of drug-likeness (QED) is 0.481. The van der Waals surface area contributed by atoms with Gasteiger partial charge in [0.1, 0.15) is 17.3 Å². The molecule has 152 valence electrons. The van der Waals surface area contributed by atoms with Crippen LogP contribution in [0.2, 0.25) is 5.02 Å².